The number of halogens is 1. The molecule has 2 saturated heterocycles. The van der Waals surface area contributed by atoms with E-state index in [2.05, 4.69) is 21.5 Å². The highest BCUT2D eigenvalue weighted by molar-refractivity contribution is 5.85. The molecule has 2 aliphatic heterocycles. The lowest BCUT2D eigenvalue weighted by Gasteiger charge is -2.28. The molecule has 4 unspecified atom stereocenters. The number of hydrogen-bond acceptors (Lipinski definition) is 6. The zero-order chi connectivity index (χ0) is 17.1. The van der Waals surface area contributed by atoms with Crippen molar-refractivity contribution in [1.82, 2.24) is 21.5 Å². The number of carbonyl (C=O) groups excluding carboxylic acids is 1. The van der Waals surface area contributed by atoms with E-state index in [1.165, 1.54) is 12.1 Å². The number of nitro benzene ring substituents is 1. The van der Waals surface area contributed by atoms with Gasteiger partial charge in [0.2, 0.25) is 5.91 Å². The number of rotatable bonds is 5. The van der Waals surface area contributed by atoms with Crippen LogP contribution < -0.4 is 21.5 Å². The first-order valence-corrected chi connectivity index (χ1v) is 8.36. The summed E-state index contributed by atoms with van der Waals surface area (Å²) >= 11 is 0. The Kier molecular flexibility index (Phi) is 6.71. The summed E-state index contributed by atoms with van der Waals surface area (Å²) in [5, 5.41) is 17.3. The quantitative estimate of drug-likeness (QED) is 0.456. The Balaban J connectivity index is 0.00000225. The predicted molar refractivity (Wildman–Crippen MR) is 96.3 cm³/mol. The van der Waals surface area contributed by atoms with Gasteiger partial charge in [-0.25, -0.2) is 5.43 Å². The smallest absolute Gasteiger partial charge is 0.269 e. The summed E-state index contributed by atoms with van der Waals surface area (Å²) < 4.78 is 0. The standard InChI is InChI=1S/C16H23N5O3.ClH/c1-2-13(10-4-3-5-11(8-10)21(23)24)18-16(22)15-12-9-17-7-6-14(12)19-20-15;/h3-5,8,12-15,17,19-20H,2,6-7,9H2,1H3,(H,18,22);1H. The molecule has 0 spiro atoms. The minimum atomic E-state index is -0.418. The number of hydrazine groups is 1. The lowest BCUT2D eigenvalue weighted by molar-refractivity contribution is -0.384. The highest BCUT2D eigenvalue weighted by Gasteiger charge is 2.41. The predicted octanol–water partition coefficient (Wildman–Crippen LogP) is 1.04. The van der Waals surface area contributed by atoms with Gasteiger partial charge in [0.15, 0.2) is 0 Å². The van der Waals surface area contributed by atoms with Gasteiger partial charge in [0.1, 0.15) is 6.04 Å². The molecule has 0 radical (unpaired) electrons. The van der Waals surface area contributed by atoms with Crippen LogP contribution in [0.1, 0.15) is 31.4 Å². The van der Waals surface area contributed by atoms with Crippen LogP contribution in [-0.2, 0) is 4.79 Å². The van der Waals surface area contributed by atoms with Crippen LogP contribution in [0.15, 0.2) is 24.3 Å². The van der Waals surface area contributed by atoms with E-state index >= 15 is 0 Å². The Morgan fingerprint density at radius 3 is 2.96 bits per heavy atom. The molecule has 0 saturated carbocycles. The summed E-state index contributed by atoms with van der Waals surface area (Å²) in [7, 11) is 0. The molecule has 8 nitrogen and oxygen atoms in total. The molecule has 2 heterocycles. The van der Waals surface area contributed by atoms with Gasteiger partial charge in [0.05, 0.1) is 11.0 Å². The summed E-state index contributed by atoms with van der Waals surface area (Å²) in [6.07, 6.45) is 1.66. The van der Waals surface area contributed by atoms with Crippen LogP contribution in [0.2, 0.25) is 0 Å². The first-order chi connectivity index (χ1) is 11.6. The van der Waals surface area contributed by atoms with Crippen molar-refractivity contribution in [2.75, 3.05) is 13.1 Å². The van der Waals surface area contributed by atoms with Crippen LogP contribution in [0, 0.1) is 16.0 Å². The van der Waals surface area contributed by atoms with Crippen LogP contribution in [0.3, 0.4) is 0 Å². The number of nitrogens with zero attached hydrogens (tertiary/aromatic N) is 1. The molecule has 2 aliphatic rings. The van der Waals surface area contributed by atoms with Gasteiger partial charge in [0, 0.05) is 30.6 Å². The topological polar surface area (TPSA) is 108 Å². The first-order valence-electron chi connectivity index (χ1n) is 8.36. The monoisotopic (exact) mass is 369 g/mol. The number of benzene rings is 1. The highest BCUT2D eigenvalue weighted by atomic mass is 35.5. The van der Waals surface area contributed by atoms with Crippen molar-refractivity contribution >= 4 is 24.0 Å². The van der Waals surface area contributed by atoms with Crippen molar-refractivity contribution in [2.24, 2.45) is 5.92 Å². The molecule has 25 heavy (non-hydrogen) atoms. The van der Waals surface area contributed by atoms with E-state index in [1.54, 1.807) is 6.07 Å². The lowest BCUT2D eigenvalue weighted by Crippen LogP contribution is -2.49. The van der Waals surface area contributed by atoms with Gasteiger partial charge in [-0.3, -0.25) is 20.3 Å². The summed E-state index contributed by atoms with van der Waals surface area (Å²) in [5.74, 6) is 0.137. The molecule has 138 valence electrons. The second-order valence-corrected chi connectivity index (χ2v) is 6.35. The molecule has 2 fully saturated rings. The maximum Gasteiger partial charge on any atom is 0.269 e. The van der Waals surface area contributed by atoms with Crippen LogP contribution in [-0.4, -0.2) is 36.0 Å². The molecule has 0 aromatic heterocycles. The van der Waals surface area contributed by atoms with Gasteiger partial charge >= 0.3 is 0 Å². The molecule has 0 bridgehead atoms. The van der Waals surface area contributed by atoms with Gasteiger partial charge < -0.3 is 10.6 Å². The zero-order valence-electron chi connectivity index (χ0n) is 14.0. The first kappa shape index (κ1) is 19.6. The molecular formula is C16H24ClN5O3. The number of nitro groups is 1. The Morgan fingerprint density at radius 2 is 2.24 bits per heavy atom. The largest absolute Gasteiger partial charge is 0.348 e. The van der Waals surface area contributed by atoms with E-state index in [0.29, 0.717) is 12.5 Å². The summed E-state index contributed by atoms with van der Waals surface area (Å²) in [4.78, 5) is 23.2. The normalized spacial score (nSPS) is 26.2. The molecular weight excluding hydrogens is 346 g/mol. The Labute approximate surface area is 152 Å². The summed E-state index contributed by atoms with van der Waals surface area (Å²) in [6.45, 7) is 3.71. The van der Waals surface area contributed by atoms with Crippen molar-refractivity contribution in [2.45, 2.75) is 37.9 Å². The van der Waals surface area contributed by atoms with E-state index in [9.17, 15) is 14.9 Å². The number of amides is 1. The Bertz CT molecular complexity index is 630. The molecule has 1 amide bonds. The molecule has 3 rings (SSSR count). The molecule has 1 aromatic rings. The van der Waals surface area contributed by atoms with E-state index in [-0.39, 0.29) is 42.0 Å². The molecule has 9 heteroatoms. The van der Waals surface area contributed by atoms with Crippen LogP contribution in [0.4, 0.5) is 5.69 Å². The van der Waals surface area contributed by atoms with E-state index < -0.39 is 4.92 Å². The van der Waals surface area contributed by atoms with E-state index in [0.717, 1.165) is 25.1 Å². The van der Waals surface area contributed by atoms with Crippen molar-refractivity contribution in [3.05, 3.63) is 39.9 Å². The van der Waals surface area contributed by atoms with Gasteiger partial charge in [0.25, 0.3) is 5.69 Å². The molecule has 1 aromatic carbocycles. The number of fused-ring (bicyclic) bond motifs is 1. The van der Waals surface area contributed by atoms with E-state index in [4.69, 9.17) is 0 Å². The molecule has 4 N–H and O–H groups in total. The highest BCUT2D eigenvalue weighted by Crippen LogP contribution is 2.24. The minimum Gasteiger partial charge on any atom is -0.348 e. The maximum atomic E-state index is 12.7. The van der Waals surface area contributed by atoms with Gasteiger partial charge in [-0.2, -0.15) is 0 Å². The minimum absolute atomic E-state index is 0. The zero-order valence-corrected chi connectivity index (χ0v) is 14.8. The number of hydrogen-bond donors (Lipinski definition) is 4. The number of carbonyl (C=O) groups is 1. The second-order valence-electron chi connectivity index (χ2n) is 6.35. The summed E-state index contributed by atoms with van der Waals surface area (Å²) in [6, 6.07) is 6.22. The third kappa shape index (κ3) is 4.27. The Hall–Kier alpha value is -1.74. The van der Waals surface area contributed by atoms with Gasteiger partial charge in [-0.05, 0) is 24.9 Å². The average Bonchev–Trinajstić information content (AvgIpc) is 3.03. The lowest BCUT2D eigenvalue weighted by atomic mass is 9.89. The molecule has 0 aliphatic carbocycles. The fourth-order valence-corrected chi connectivity index (χ4v) is 3.51. The number of nitrogens with one attached hydrogen (secondary N) is 4. The van der Waals surface area contributed by atoms with Crippen molar-refractivity contribution < 1.29 is 9.72 Å². The molecule has 4 atom stereocenters. The van der Waals surface area contributed by atoms with Crippen LogP contribution >= 0.6 is 12.4 Å². The van der Waals surface area contributed by atoms with Crippen molar-refractivity contribution in [1.29, 1.82) is 0 Å². The number of piperidine rings is 1. The van der Waals surface area contributed by atoms with Crippen LogP contribution in [0.5, 0.6) is 0 Å². The third-order valence-corrected chi connectivity index (χ3v) is 4.87. The van der Waals surface area contributed by atoms with Crippen molar-refractivity contribution in [3.8, 4) is 0 Å². The SMILES string of the molecule is CCC(NC(=O)C1NNC2CCNCC21)c1cccc([N+](=O)[O-])c1.Cl. The average molecular weight is 370 g/mol. The Morgan fingerprint density at radius 1 is 1.44 bits per heavy atom. The van der Waals surface area contributed by atoms with Gasteiger partial charge in [-0.1, -0.05) is 19.1 Å². The van der Waals surface area contributed by atoms with E-state index in [1.807, 2.05) is 13.0 Å². The third-order valence-electron chi connectivity index (χ3n) is 4.87. The summed E-state index contributed by atoms with van der Waals surface area (Å²) in [5.41, 5.74) is 7.10. The number of non-ortho nitro benzene ring substituents is 1. The van der Waals surface area contributed by atoms with Crippen molar-refractivity contribution in [3.63, 3.8) is 0 Å². The fraction of sp³-hybridized carbons (Fsp3) is 0.562. The fourth-order valence-electron chi connectivity index (χ4n) is 3.51. The van der Waals surface area contributed by atoms with Gasteiger partial charge in [-0.15, -0.1) is 12.4 Å². The maximum absolute atomic E-state index is 12.7. The van der Waals surface area contributed by atoms with Crippen LogP contribution in [0.25, 0.3) is 0 Å². The second kappa shape index (κ2) is 8.57.